The molecule has 0 aliphatic heterocycles. The van der Waals surface area contributed by atoms with Crippen molar-refractivity contribution in [1.29, 1.82) is 0 Å². The number of halogens is 2. The lowest BCUT2D eigenvalue weighted by molar-refractivity contribution is -0.137. The fourth-order valence-corrected chi connectivity index (χ4v) is 5.25. The summed E-state index contributed by atoms with van der Waals surface area (Å²) in [6.45, 7) is -0.368. The van der Waals surface area contributed by atoms with Crippen LogP contribution in [0.15, 0.2) is 29.3 Å². The Kier molecular flexibility index (Phi) is 5.72. The lowest BCUT2D eigenvalue weighted by Crippen LogP contribution is -2.38. The summed E-state index contributed by atoms with van der Waals surface area (Å²) in [5.41, 5.74) is 0. The molecule has 0 unspecified atom stereocenters. The molecule has 2 aromatic rings. The molecule has 6 nitrogen and oxygen atoms in total. The molecule has 1 aliphatic rings. The van der Waals surface area contributed by atoms with E-state index in [1.807, 2.05) is 0 Å². The number of carboxylic acid groups (broad SMARTS) is 1. The second-order valence-corrected chi connectivity index (χ2v) is 9.15. The van der Waals surface area contributed by atoms with Crippen molar-refractivity contribution in [1.82, 2.24) is 9.29 Å². The average molecular weight is 417 g/mol. The van der Waals surface area contributed by atoms with Crippen LogP contribution in [0.2, 0.25) is 10.2 Å². The number of aliphatic carboxylic acids is 1. The number of pyridine rings is 1. The number of benzene rings is 1. The van der Waals surface area contributed by atoms with Crippen molar-refractivity contribution in [2.75, 3.05) is 13.1 Å². The highest BCUT2D eigenvalue weighted by Gasteiger charge is 2.30. The van der Waals surface area contributed by atoms with E-state index in [4.69, 9.17) is 28.3 Å². The minimum atomic E-state index is -3.98. The molecule has 140 valence electrons. The van der Waals surface area contributed by atoms with E-state index >= 15 is 0 Å². The Balaban J connectivity index is 2.01. The van der Waals surface area contributed by atoms with Gasteiger partial charge in [0.15, 0.2) is 0 Å². The topological polar surface area (TPSA) is 87.6 Å². The number of sulfonamides is 1. The molecule has 1 N–H and O–H groups in total. The third-order valence-electron chi connectivity index (χ3n) is 4.65. The van der Waals surface area contributed by atoms with Crippen molar-refractivity contribution in [3.05, 3.63) is 34.6 Å². The molecule has 0 saturated heterocycles. The number of hydrogen-bond donors (Lipinski definition) is 1. The molecule has 0 radical (unpaired) electrons. The summed E-state index contributed by atoms with van der Waals surface area (Å²) in [5.74, 6) is -1.00. The number of hydrogen-bond acceptors (Lipinski definition) is 4. The van der Waals surface area contributed by atoms with Gasteiger partial charge in [0.05, 0.1) is 9.92 Å². The van der Waals surface area contributed by atoms with Gasteiger partial charge in [-0.25, -0.2) is 13.4 Å². The second-order valence-electron chi connectivity index (χ2n) is 6.45. The number of fused-ring (bicyclic) bond motifs is 1. The fourth-order valence-electron chi connectivity index (χ4n) is 3.34. The summed E-state index contributed by atoms with van der Waals surface area (Å²) >= 11 is 12.2. The number of carboxylic acids is 1. The summed E-state index contributed by atoms with van der Waals surface area (Å²) in [6, 6.07) is 4.38. The number of rotatable bonds is 6. The van der Waals surface area contributed by atoms with Gasteiger partial charge in [-0.1, -0.05) is 42.1 Å². The van der Waals surface area contributed by atoms with E-state index in [-0.39, 0.29) is 22.5 Å². The largest absolute Gasteiger partial charge is 0.480 e. The summed E-state index contributed by atoms with van der Waals surface area (Å²) in [6.07, 6.45) is 5.31. The van der Waals surface area contributed by atoms with Crippen LogP contribution < -0.4 is 0 Å². The Bertz CT molecular complexity index is 943. The molecule has 26 heavy (non-hydrogen) atoms. The first-order valence-electron chi connectivity index (χ1n) is 8.24. The highest BCUT2D eigenvalue weighted by Crippen LogP contribution is 2.32. The zero-order chi connectivity index (χ0) is 18.9. The van der Waals surface area contributed by atoms with E-state index in [2.05, 4.69) is 4.98 Å². The molecule has 0 spiro atoms. The number of nitrogens with zero attached hydrogens (tertiary/aromatic N) is 2. The van der Waals surface area contributed by atoms with Gasteiger partial charge in [0.1, 0.15) is 11.7 Å². The highest BCUT2D eigenvalue weighted by molar-refractivity contribution is 7.89. The molecule has 1 aromatic carbocycles. The summed E-state index contributed by atoms with van der Waals surface area (Å²) < 4.78 is 27.2. The first-order chi connectivity index (χ1) is 12.3. The van der Waals surface area contributed by atoms with Crippen LogP contribution in [0.5, 0.6) is 0 Å². The van der Waals surface area contributed by atoms with Crippen molar-refractivity contribution in [2.45, 2.75) is 30.6 Å². The Labute approximate surface area is 161 Å². The molecule has 0 bridgehead atoms. The van der Waals surface area contributed by atoms with Crippen LogP contribution in [-0.4, -0.2) is 41.9 Å². The fraction of sp³-hybridized carbons (Fsp3) is 0.412. The van der Waals surface area contributed by atoms with Crippen molar-refractivity contribution in [3.8, 4) is 0 Å². The molecule has 1 heterocycles. The lowest BCUT2D eigenvalue weighted by atomic mass is 10.1. The van der Waals surface area contributed by atoms with Crippen LogP contribution >= 0.6 is 23.2 Å². The van der Waals surface area contributed by atoms with Crippen molar-refractivity contribution < 1.29 is 18.3 Å². The van der Waals surface area contributed by atoms with Gasteiger partial charge in [-0.3, -0.25) is 4.79 Å². The molecule has 1 aromatic heterocycles. The number of carbonyl (C=O) groups is 1. The molecule has 0 amide bonds. The van der Waals surface area contributed by atoms with Crippen molar-refractivity contribution in [3.63, 3.8) is 0 Å². The summed E-state index contributed by atoms with van der Waals surface area (Å²) in [4.78, 5) is 15.1. The van der Waals surface area contributed by atoms with Crippen LogP contribution in [0.1, 0.15) is 25.7 Å². The zero-order valence-corrected chi connectivity index (χ0v) is 16.2. The first-order valence-corrected chi connectivity index (χ1v) is 10.4. The van der Waals surface area contributed by atoms with Crippen molar-refractivity contribution in [2.24, 2.45) is 5.92 Å². The predicted octanol–water partition coefficient (Wildman–Crippen LogP) is 3.81. The Morgan fingerprint density at radius 2 is 1.92 bits per heavy atom. The molecule has 1 aliphatic carbocycles. The maximum absolute atomic E-state index is 13.1. The van der Waals surface area contributed by atoms with E-state index < -0.39 is 22.5 Å². The van der Waals surface area contributed by atoms with Crippen molar-refractivity contribution >= 4 is 50.0 Å². The molecular weight excluding hydrogens is 399 g/mol. The normalized spacial score (nSPS) is 15.8. The van der Waals surface area contributed by atoms with Gasteiger partial charge in [0, 0.05) is 23.5 Å². The van der Waals surface area contributed by atoms with Crippen LogP contribution in [0.25, 0.3) is 10.8 Å². The quantitative estimate of drug-likeness (QED) is 0.723. The van der Waals surface area contributed by atoms with Gasteiger partial charge in [-0.05, 0) is 30.9 Å². The second kappa shape index (κ2) is 7.68. The Morgan fingerprint density at radius 1 is 1.23 bits per heavy atom. The zero-order valence-electron chi connectivity index (χ0n) is 13.9. The van der Waals surface area contributed by atoms with Crippen LogP contribution in [0.4, 0.5) is 0 Å². The third-order valence-corrected chi connectivity index (χ3v) is 7.06. The smallest absolute Gasteiger partial charge is 0.318 e. The van der Waals surface area contributed by atoms with Crippen LogP contribution in [0.3, 0.4) is 0 Å². The maximum atomic E-state index is 13.1. The molecule has 9 heteroatoms. The first kappa shape index (κ1) is 19.4. The SMILES string of the molecule is O=C(O)CN(CC1CCCC1)S(=O)(=O)c1ccc2c(Cl)cnc(Cl)c2c1. The van der Waals surface area contributed by atoms with Gasteiger partial charge in [0.2, 0.25) is 10.0 Å². The van der Waals surface area contributed by atoms with Gasteiger partial charge in [-0.2, -0.15) is 4.31 Å². The predicted molar refractivity (Wildman–Crippen MR) is 100 cm³/mol. The third kappa shape index (κ3) is 3.96. The molecule has 1 saturated carbocycles. The van der Waals surface area contributed by atoms with Gasteiger partial charge in [-0.15, -0.1) is 0 Å². The van der Waals surface area contributed by atoms with Crippen LogP contribution in [0, 0.1) is 5.92 Å². The van der Waals surface area contributed by atoms with E-state index in [0.29, 0.717) is 15.8 Å². The summed E-state index contributed by atoms with van der Waals surface area (Å²) in [7, 11) is -3.98. The minimum Gasteiger partial charge on any atom is -0.480 e. The molecule has 3 rings (SSSR count). The lowest BCUT2D eigenvalue weighted by Gasteiger charge is -2.23. The Morgan fingerprint density at radius 3 is 2.58 bits per heavy atom. The van der Waals surface area contributed by atoms with E-state index in [1.165, 1.54) is 18.3 Å². The standard InChI is InChI=1S/C17H18Cl2N2O4S/c18-15-8-20-17(19)14-7-12(5-6-13(14)15)26(24,25)21(10-16(22)23)9-11-3-1-2-4-11/h5-8,11H,1-4,9-10H2,(H,22,23). The monoisotopic (exact) mass is 416 g/mol. The van der Waals surface area contributed by atoms with Gasteiger partial charge in [0.25, 0.3) is 0 Å². The average Bonchev–Trinajstić information content (AvgIpc) is 3.10. The summed E-state index contributed by atoms with van der Waals surface area (Å²) in [5, 5.41) is 10.7. The minimum absolute atomic E-state index is 0.0183. The number of aromatic nitrogens is 1. The van der Waals surface area contributed by atoms with E-state index in [1.54, 1.807) is 6.07 Å². The van der Waals surface area contributed by atoms with E-state index in [0.717, 1.165) is 30.0 Å². The molecule has 1 fully saturated rings. The maximum Gasteiger partial charge on any atom is 0.318 e. The van der Waals surface area contributed by atoms with E-state index in [9.17, 15) is 13.2 Å². The van der Waals surface area contributed by atoms with Crippen LogP contribution in [-0.2, 0) is 14.8 Å². The molecular formula is C17H18Cl2N2O4S. The van der Waals surface area contributed by atoms with Gasteiger partial charge < -0.3 is 5.11 Å². The van der Waals surface area contributed by atoms with Gasteiger partial charge >= 0.3 is 5.97 Å². The highest BCUT2D eigenvalue weighted by atomic mass is 35.5. The Hall–Kier alpha value is -1.41. The molecule has 0 atom stereocenters.